The van der Waals surface area contributed by atoms with Crippen LogP contribution in [0.5, 0.6) is 0 Å². The average Bonchev–Trinajstić information content (AvgIpc) is 2.37. The summed E-state index contributed by atoms with van der Waals surface area (Å²) in [6.45, 7) is 9.10. The number of anilines is 1. The fraction of sp³-hybridized carbons (Fsp3) is 0.625. The fourth-order valence-corrected chi connectivity index (χ4v) is 2.67. The van der Waals surface area contributed by atoms with Gasteiger partial charge in [0.05, 0.1) is 6.10 Å². The van der Waals surface area contributed by atoms with Crippen LogP contribution in [0.25, 0.3) is 0 Å². The van der Waals surface area contributed by atoms with E-state index in [9.17, 15) is 5.11 Å². The van der Waals surface area contributed by atoms with Gasteiger partial charge in [0.25, 0.3) is 0 Å². The average molecular weight is 297 g/mol. The number of nitrogens with zero attached hydrogens (tertiary/aromatic N) is 1. The monoisotopic (exact) mass is 296 g/mol. The van der Waals surface area contributed by atoms with E-state index in [0.29, 0.717) is 0 Å². The summed E-state index contributed by atoms with van der Waals surface area (Å²) in [6.07, 6.45) is 1.54. The van der Waals surface area contributed by atoms with E-state index in [0.717, 1.165) is 37.5 Å². The maximum Gasteiger partial charge on any atom is 0.0574 e. The first-order valence-corrected chi connectivity index (χ1v) is 7.69. The first kappa shape index (κ1) is 15.6. The zero-order valence-corrected chi connectivity index (χ0v) is 13.4. The molecule has 0 saturated carbocycles. The first-order valence-electron chi connectivity index (χ1n) is 7.31. The van der Waals surface area contributed by atoms with Crippen LogP contribution in [0, 0.1) is 0 Å². The second-order valence-electron chi connectivity index (χ2n) is 6.59. The van der Waals surface area contributed by atoms with Crippen LogP contribution in [0.2, 0.25) is 5.02 Å². The first-order chi connectivity index (χ1) is 9.35. The Hall–Kier alpha value is -0.770. The van der Waals surface area contributed by atoms with Gasteiger partial charge >= 0.3 is 0 Å². The Labute approximate surface area is 126 Å². The van der Waals surface area contributed by atoms with E-state index in [1.165, 1.54) is 11.3 Å². The third-order valence-corrected chi connectivity index (χ3v) is 3.89. The van der Waals surface area contributed by atoms with Gasteiger partial charge in [-0.05, 0) is 57.4 Å². The van der Waals surface area contributed by atoms with Gasteiger partial charge in [0, 0.05) is 35.9 Å². The van der Waals surface area contributed by atoms with Crippen molar-refractivity contribution in [1.29, 1.82) is 0 Å². The lowest BCUT2D eigenvalue weighted by atomic mass is 10.0. The predicted molar refractivity (Wildman–Crippen MR) is 85.5 cm³/mol. The van der Waals surface area contributed by atoms with Gasteiger partial charge in [0.2, 0.25) is 0 Å². The van der Waals surface area contributed by atoms with Gasteiger partial charge in [0.1, 0.15) is 0 Å². The van der Waals surface area contributed by atoms with Crippen molar-refractivity contribution >= 4 is 17.3 Å². The van der Waals surface area contributed by atoms with Crippen LogP contribution in [0.3, 0.4) is 0 Å². The summed E-state index contributed by atoms with van der Waals surface area (Å²) in [5, 5.41) is 13.9. The molecule has 1 aromatic rings. The van der Waals surface area contributed by atoms with Crippen molar-refractivity contribution in [2.45, 2.75) is 51.8 Å². The fourth-order valence-electron chi connectivity index (χ4n) is 2.47. The number of hydrogen-bond donors (Lipinski definition) is 2. The molecule has 0 aromatic heterocycles. The highest BCUT2D eigenvalue weighted by molar-refractivity contribution is 6.30. The van der Waals surface area contributed by atoms with Crippen molar-refractivity contribution < 1.29 is 5.11 Å². The van der Waals surface area contributed by atoms with Gasteiger partial charge in [-0.25, -0.2) is 0 Å². The third kappa shape index (κ3) is 4.37. The van der Waals surface area contributed by atoms with E-state index in [1.807, 2.05) is 12.1 Å². The molecule has 1 aromatic carbocycles. The standard InChI is InChI=1S/C16H25ClN2O/c1-16(2,3)18-11-12-10-13(17)4-5-15(12)19-8-6-14(20)7-9-19/h4-5,10,14,18,20H,6-9,11H2,1-3H3. The molecule has 2 N–H and O–H groups in total. The molecular formula is C16H25ClN2O. The van der Waals surface area contributed by atoms with Gasteiger partial charge in [-0.2, -0.15) is 0 Å². The Bertz CT molecular complexity index is 448. The summed E-state index contributed by atoms with van der Waals surface area (Å²) >= 11 is 6.14. The van der Waals surface area contributed by atoms with Crippen LogP contribution >= 0.6 is 11.6 Å². The highest BCUT2D eigenvalue weighted by Gasteiger charge is 2.20. The molecular weight excluding hydrogens is 272 g/mol. The molecule has 0 unspecified atom stereocenters. The molecule has 1 aliphatic rings. The maximum atomic E-state index is 9.64. The van der Waals surface area contributed by atoms with E-state index in [1.54, 1.807) is 0 Å². The van der Waals surface area contributed by atoms with Crippen LogP contribution in [0.4, 0.5) is 5.69 Å². The predicted octanol–water partition coefficient (Wildman–Crippen LogP) is 3.19. The van der Waals surface area contributed by atoms with E-state index in [2.05, 4.69) is 37.1 Å². The normalized spacial score (nSPS) is 17.6. The number of piperidine rings is 1. The smallest absolute Gasteiger partial charge is 0.0574 e. The lowest BCUT2D eigenvalue weighted by Gasteiger charge is -2.33. The van der Waals surface area contributed by atoms with Gasteiger partial charge in [0.15, 0.2) is 0 Å². The molecule has 0 amide bonds. The second kappa shape index (κ2) is 6.33. The number of aliphatic hydroxyl groups excluding tert-OH is 1. The second-order valence-corrected chi connectivity index (χ2v) is 7.03. The van der Waals surface area contributed by atoms with Crippen LogP contribution < -0.4 is 10.2 Å². The summed E-state index contributed by atoms with van der Waals surface area (Å²) < 4.78 is 0. The number of hydrogen-bond acceptors (Lipinski definition) is 3. The number of halogens is 1. The molecule has 0 atom stereocenters. The molecule has 0 radical (unpaired) electrons. The summed E-state index contributed by atoms with van der Waals surface area (Å²) in [5.41, 5.74) is 2.54. The quantitative estimate of drug-likeness (QED) is 0.899. The van der Waals surface area contributed by atoms with Gasteiger partial charge in [-0.15, -0.1) is 0 Å². The minimum absolute atomic E-state index is 0.0810. The molecule has 20 heavy (non-hydrogen) atoms. The van der Waals surface area contributed by atoms with E-state index in [-0.39, 0.29) is 11.6 Å². The Balaban J connectivity index is 2.15. The number of aliphatic hydroxyl groups is 1. The molecule has 4 heteroatoms. The topological polar surface area (TPSA) is 35.5 Å². The van der Waals surface area contributed by atoms with Gasteiger partial charge in [-0.3, -0.25) is 0 Å². The number of benzene rings is 1. The minimum Gasteiger partial charge on any atom is -0.393 e. The van der Waals surface area contributed by atoms with Crippen molar-refractivity contribution in [2.75, 3.05) is 18.0 Å². The lowest BCUT2D eigenvalue weighted by molar-refractivity contribution is 0.145. The molecule has 112 valence electrons. The molecule has 2 rings (SSSR count). The lowest BCUT2D eigenvalue weighted by Crippen LogP contribution is -2.38. The summed E-state index contributed by atoms with van der Waals surface area (Å²) in [7, 11) is 0. The summed E-state index contributed by atoms with van der Waals surface area (Å²) in [4.78, 5) is 2.35. The molecule has 1 heterocycles. The van der Waals surface area contributed by atoms with Crippen molar-refractivity contribution in [3.05, 3.63) is 28.8 Å². The highest BCUT2D eigenvalue weighted by Crippen LogP contribution is 2.27. The highest BCUT2D eigenvalue weighted by atomic mass is 35.5. The van der Waals surface area contributed by atoms with Crippen LogP contribution in [-0.4, -0.2) is 29.8 Å². The molecule has 1 aliphatic heterocycles. The Morgan fingerprint density at radius 1 is 1.30 bits per heavy atom. The molecule has 0 aliphatic carbocycles. The SMILES string of the molecule is CC(C)(C)NCc1cc(Cl)ccc1N1CCC(O)CC1. The zero-order chi connectivity index (χ0) is 14.8. The molecule has 0 spiro atoms. The van der Waals surface area contributed by atoms with Crippen LogP contribution in [0.15, 0.2) is 18.2 Å². The van der Waals surface area contributed by atoms with Crippen LogP contribution in [0.1, 0.15) is 39.2 Å². The largest absolute Gasteiger partial charge is 0.393 e. The molecule has 0 bridgehead atoms. The Morgan fingerprint density at radius 2 is 1.95 bits per heavy atom. The van der Waals surface area contributed by atoms with Crippen molar-refractivity contribution in [3.63, 3.8) is 0 Å². The summed E-state index contributed by atoms with van der Waals surface area (Å²) in [5.74, 6) is 0. The zero-order valence-electron chi connectivity index (χ0n) is 12.6. The number of rotatable bonds is 3. The molecule has 1 fully saturated rings. The minimum atomic E-state index is -0.144. The van der Waals surface area contributed by atoms with E-state index >= 15 is 0 Å². The summed E-state index contributed by atoms with van der Waals surface area (Å²) in [6, 6.07) is 6.09. The third-order valence-electron chi connectivity index (χ3n) is 3.66. The van der Waals surface area contributed by atoms with E-state index < -0.39 is 0 Å². The van der Waals surface area contributed by atoms with Crippen molar-refractivity contribution in [2.24, 2.45) is 0 Å². The van der Waals surface area contributed by atoms with Crippen molar-refractivity contribution in [1.82, 2.24) is 5.32 Å². The van der Waals surface area contributed by atoms with E-state index in [4.69, 9.17) is 11.6 Å². The van der Waals surface area contributed by atoms with Crippen molar-refractivity contribution in [3.8, 4) is 0 Å². The Kier molecular flexibility index (Phi) is 4.95. The molecule has 1 saturated heterocycles. The molecule has 3 nitrogen and oxygen atoms in total. The van der Waals surface area contributed by atoms with Gasteiger partial charge < -0.3 is 15.3 Å². The maximum absolute atomic E-state index is 9.64. The van der Waals surface area contributed by atoms with Gasteiger partial charge in [-0.1, -0.05) is 11.6 Å². The van der Waals surface area contributed by atoms with Crippen LogP contribution in [-0.2, 0) is 6.54 Å². The number of nitrogens with one attached hydrogen (secondary N) is 1. The Morgan fingerprint density at radius 3 is 2.55 bits per heavy atom.